The van der Waals surface area contributed by atoms with E-state index in [0.717, 1.165) is 19.5 Å². The second kappa shape index (κ2) is 7.03. The fourth-order valence-corrected chi connectivity index (χ4v) is 0.734. The minimum Gasteiger partial charge on any atom is -0.327 e. The van der Waals surface area contributed by atoms with Gasteiger partial charge in [-0.25, -0.2) is 0 Å². The van der Waals surface area contributed by atoms with Crippen molar-refractivity contribution >= 4 is 0 Å². The first-order valence-corrected chi connectivity index (χ1v) is 4.27. The zero-order valence-corrected chi connectivity index (χ0v) is 7.19. The topological polar surface area (TPSA) is 38.0 Å². The Hall–Kier alpha value is -0.0800. The Labute approximate surface area is 64.2 Å². The van der Waals surface area contributed by atoms with Gasteiger partial charge in [-0.2, -0.15) is 0 Å². The van der Waals surface area contributed by atoms with E-state index in [2.05, 4.69) is 19.2 Å². The predicted octanol–water partition coefficient (Wildman–Crippen LogP) is 1.11. The van der Waals surface area contributed by atoms with Crippen LogP contribution in [0.1, 0.15) is 33.1 Å². The summed E-state index contributed by atoms with van der Waals surface area (Å²) in [6.07, 6.45) is 3.59. The monoisotopic (exact) mass is 144 g/mol. The van der Waals surface area contributed by atoms with Gasteiger partial charge in [0.2, 0.25) is 0 Å². The normalized spacial score (nSPS) is 13.5. The van der Waals surface area contributed by atoms with E-state index < -0.39 is 0 Å². The van der Waals surface area contributed by atoms with Gasteiger partial charge in [0.1, 0.15) is 0 Å². The van der Waals surface area contributed by atoms with Crippen LogP contribution in [0.3, 0.4) is 0 Å². The maximum absolute atomic E-state index is 5.69. The van der Waals surface area contributed by atoms with Gasteiger partial charge >= 0.3 is 0 Å². The van der Waals surface area contributed by atoms with Crippen molar-refractivity contribution in [2.24, 2.45) is 5.73 Å². The van der Waals surface area contributed by atoms with Gasteiger partial charge in [-0.1, -0.05) is 20.3 Å². The number of unbranched alkanes of at least 4 members (excludes halogenated alkanes) is 1. The van der Waals surface area contributed by atoms with Crippen LogP contribution in [0.2, 0.25) is 0 Å². The molecule has 0 rings (SSSR count). The van der Waals surface area contributed by atoms with Crippen LogP contribution < -0.4 is 11.1 Å². The molecule has 10 heavy (non-hydrogen) atoms. The summed E-state index contributed by atoms with van der Waals surface area (Å²) in [6.45, 7) is 6.40. The Morgan fingerprint density at radius 1 is 1.40 bits per heavy atom. The van der Waals surface area contributed by atoms with Crippen molar-refractivity contribution in [3.8, 4) is 0 Å². The minimum atomic E-state index is 0.344. The predicted molar refractivity (Wildman–Crippen MR) is 46.0 cm³/mol. The van der Waals surface area contributed by atoms with Crippen molar-refractivity contribution < 1.29 is 0 Å². The van der Waals surface area contributed by atoms with E-state index in [1.54, 1.807) is 0 Å². The molecule has 0 aliphatic rings. The molecule has 0 aromatic rings. The highest BCUT2D eigenvalue weighted by molar-refractivity contribution is 4.61. The third-order valence-electron chi connectivity index (χ3n) is 1.64. The van der Waals surface area contributed by atoms with Crippen LogP contribution in [0.25, 0.3) is 0 Å². The Morgan fingerprint density at radius 3 is 2.60 bits per heavy atom. The van der Waals surface area contributed by atoms with Crippen molar-refractivity contribution in [1.82, 2.24) is 5.32 Å². The van der Waals surface area contributed by atoms with Gasteiger partial charge in [0.15, 0.2) is 0 Å². The molecule has 0 aliphatic carbocycles. The summed E-state index contributed by atoms with van der Waals surface area (Å²) in [5.41, 5.74) is 5.69. The highest BCUT2D eigenvalue weighted by atomic mass is 14.9. The number of hydrogen-bond donors (Lipinski definition) is 2. The number of hydrogen-bond acceptors (Lipinski definition) is 2. The summed E-state index contributed by atoms with van der Waals surface area (Å²) in [7, 11) is 0. The first-order valence-electron chi connectivity index (χ1n) is 4.27. The molecule has 0 aliphatic heterocycles. The van der Waals surface area contributed by atoms with Crippen LogP contribution in [0, 0.1) is 0 Å². The Kier molecular flexibility index (Phi) is 6.98. The lowest BCUT2D eigenvalue weighted by Crippen LogP contribution is -2.33. The van der Waals surface area contributed by atoms with E-state index in [1.807, 2.05) is 0 Å². The number of nitrogens with two attached hydrogens (primary N) is 1. The van der Waals surface area contributed by atoms with Gasteiger partial charge in [-0.3, -0.25) is 0 Å². The third-order valence-corrected chi connectivity index (χ3v) is 1.64. The summed E-state index contributed by atoms with van der Waals surface area (Å²) in [5.74, 6) is 0. The Morgan fingerprint density at radius 2 is 2.10 bits per heavy atom. The molecular formula is C8H20N2. The van der Waals surface area contributed by atoms with E-state index in [0.29, 0.717) is 6.04 Å². The van der Waals surface area contributed by atoms with E-state index >= 15 is 0 Å². The lowest BCUT2D eigenvalue weighted by Gasteiger charge is -2.08. The SMILES string of the molecule is CCCCNCC(N)CC. The molecule has 0 fully saturated rings. The summed E-state index contributed by atoms with van der Waals surface area (Å²) in [4.78, 5) is 0. The van der Waals surface area contributed by atoms with Crippen molar-refractivity contribution in [3.63, 3.8) is 0 Å². The van der Waals surface area contributed by atoms with E-state index in [1.165, 1.54) is 12.8 Å². The molecule has 3 N–H and O–H groups in total. The summed E-state index contributed by atoms with van der Waals surface area (Å²) in [5, 5.41) is 3.31. The van der Waals surface area contributed by atoms with Crippen LogP contribution in [0.5, 0.6) is 0 Å². The summed E-state index contributed by atoms with van der Waals surface area (Å²) >= 11 is 0. The van der Waals surface area contributed by atoms with Crippen LogP contribution in [-0.2, 0) is 0 Å². The van der Waals surface area contributed by atoms with Gasteiger partial charge < -0.3 is 11.1 Å². The molecule has 0 radical (unpaired) electrons. The minimum absolute atomic E-state index is 0.344. The lowest BCUT2D eigenvalue weighted by molar-refractivity contribution is 0.551. The molecule has 0 saturated carbocycles. The van der Waals surface area contributed by atoms with Gasteiger partial charge in [0, 0.05) is 12.6 Å². The first kappa shape index (κ1) is 9.92. The highest BCUT2D eigenvalue weighted by Crippen LogP contribution is 1.85. The third kappa shape index (κ3) is 6.05. The maximum atomic E-state index is 5.69. The average molecular weight is 144 g/mol. The Bertz CT molecular complexity index is 64.3. The number of nitrogens with one attached hydrogen (secondary N) is 1. The van der Waals surface area contributed by atoms with Crippen molar-refractivity contribution in [2.75, 3.05) is 13.1 Å². The lowest BCUT2D eigenvalue weighted by atomic mass is 10.2. The second-order valence-electron chi connectivity index (χ2n) is 2.73. The van der Waals surface area contributed by atoms with Crippen molar-refractivity contribution in [1.29, 1.82) is 0 Å². The van der Waals surface area contributed by atoms with Gasteiger partial charge in [-0.15, -0.1) is 0 Å². The first-order chi connectivity index (χ1) is 4.81. The van der Waals surface area contributed by atoms with Gasteiger partial charge in [0.25, 0.3) is 0 Å². The molecule has 0 aromatic heterocycles. The zero-order valence-electron chi connectivity index (χ0n) is 7.19. The van der Waals surface area contributed by atoms with Crippen LogP contribution in [-0.4, -0.2) is 19.1 Å². The fraction of sp³-hybridized carbons (Fsp3) is 1.00. The quantitative estimate of drug-likeness (QED) is 0.548. The largest absolute Gasteiger partial charge is 0.327 e. The second-order valence-corrected chi connectivity index (χ2v) is 2.73. The zero-order chi connectivity index (χ0) is 7.82. The van der Waals surface area contributed by atoms with Gasteiger partial charge in [-0.05, 0) is 19.4 Å². The van der Waals surface area contributed by atoms with Crippen LogP contribution in [0.15, 0.2) is 0 Å². The van der Waals surface area contributed by atoms with Crippen LogP contribution >= 0.6 is 0 Å². The van der Waals surface area contributed by atoms with E-state index in [-0.39, 0.29) is 0 Å². The molecule has 1 atom stereocenters. The molecule has 0 heterocycles. The molecule has 0 saturated heterocycles. The van der Waals surface area contributed by atoms with Crippen molar-refractivity contribution in [3.05, 3.63) is 0 Å². The standard InChI is InChI=1S/C8H20N2/c1-3-5-6-10-7-8(9)4-2/h8,10H,3-7,9H2,1-2H3. The molecule has 2 nitrogen and oxygen atoms in total. The molecule has 0 spiro atoms. The van der Waals surface area contributed by atoms with E-state index in [9.17, 15) is 0 Å². The molecule has 0 aromatic carbocycles. The molecule has 62 valence electrons. The Balaban J connectivity index is 2.89. The molecule has 0 bridgehead atoms. The highest BCUT2D eigenvalue weighted by Gasteiger charge is 1.95. The smallest absolute Gasteiger partial charge is 0.0162 e. The van der Waals surface area contributed by atoms with E-state index in [4.69, 9.17) is 5.73 Å². The molecule has 2 heteroatoms. The van der Waals surface area contributed by atoms with Crippen LogP contribution in [0.4, 0.5) is 0 Å². The molecule has 1 unspecified atom stereocenters. The fourth-order valence-electron chi connectivity index (χ4n) is 0.734. The molecule has 0 amide bonds. The summed E-state index contributed by atoms with van der Waals surface area (Å²) < 4.78 is 0. The molecular weight excluding hydrogens is 124 g/mol. The summed E-state index contributed by atoms with van der Waals surface area (Å²) in [6, 6.07) is 0.344. The van der Waals surface area contributed by atoms with Gasteiger partial charge in [0.05, 0.1) is 0 Å². The average Bonchev–Trinajstić information content (AvgIpc) is 1.98. The number of rotatable bonds is 6. The van der Waals surface area contributed by atoms with Crippen molar-refractivity contribution in [2.45, 2.75) is 39.2 Å². The maximum Gasteiger partial charge on any atom is 0.0162 e.